The van der Waals surface area contributed by atoms with Crippen LogP contribution in [0.4, 0.5) is 10.5 Å². The van der Waals surface area contributed by atoms with Crippen LogP contribution in [0.25, 0.3) is 11.1 Å². The second-order valence-electron chi connectivity index (χ2n) is 6.95. The van der Waals surface area contributed by atoms with E-state index in [-0.39, 0.29) is 5.41 Å². The molecule has 24 heavy (non-hydrogen) atoms. The number of aromatic nitrogens is 1. The molecule has 1 spiro atoms. The zero-order chi connectivity index (χ0) is 16.7. The fraction of sp³-hybridized carbons (Fsp3) is 0.529. The number of nitrogens with one attached hydrogen (secondary N) is 1. The number of benzene rings is 1. The molecule has 3 heterocycles. The lowest BCUT2D eigenvalue weighted by Crippen LogP contribution is -2.48. The van der Waals surface area contributed by atoms with Crippen molar-refractivity contribution in [2.45, 2.75) is 25.7 Å². The van der Waals surface area contributed by atoms with Crippen molar-refractivity contribution < 1.29 is 14.3 Å². The van der Waals surface area contributed by atoms with Gasteiger partial charge in [0.2, 0.25) is 0 Å². The second kappa shape index (κ2) is 5.58. The minimum atomic E-state index is -0.802. The van der Waals surface area contributed by atoms with Gasteiger partial charge in [0.15, 0.2) is 5.58 Å². The number of hydrogen-bond donors (Lipinski definition) is 2. The average molecular weight is 331 g/mol. The normalized spacial score (nSPS) is 20.7. The third kappa shape index (κ3) is 2.64. The van der Waals surface area contributed by atoms with Crippen LogP contribution in [-0.4, -0.2) is 47.3 Å². The first kappa shape index (κ1) is 15.1. The summed E-state index contributed by atoms with van der Waals surface area (Å²) < 4.78 is 5.14. The molecule has 2 aliphatic heterocycles. The molecule has 2 aromatic rings. The Kier molecular flexibility index (Phi) is 3.51. The molecule has 0 unspecified atom stereocenters. The molecule has 1 aromatic heterocycles. The third-order valence-electron chi connectivity index (χ3n) is 5.69. The number of likely N-dealkylation sites (tertiary alicyclic amines) is 1. The first-order chi connectivity index (χ1) is 11.5. The van der Waals surface area contributed by atoms with Crippen molar-refractivity contribution in [3.63, 3.8) is 0 Å². The Labute approximate surface area is 138 Å². The number of piperidine rings is 2. The van der Waals surface area contributed by atoms with E-state index in [1.54, 1.807) is 0 Å². The summed E-state index contributed by atoms with van der Waals surface area (Å²) in [6, 6.07) is 5.81. The fourth-order valence-corrected chi connectivity index (χ4v) is 4.04. The Hall–Kier alpha value is -2.44. The third-order valence-corrected chi connectivity index (χ3v) is 5.69. The first-order valence-electron chi connectivity index (χ1n) is 8.40. The number of nitrogens with zero attached hydrogens (tertiary/aromatic N) is 2. The number of anilines is 1. The van der Waals surface area contributed by atoms with E-state index in [0.29, 0.717) is 18.7 Å². The summed E-state index contributed by atoms with van der Waals surface area (Å²) >= 11 is 0. The average Bonchev–Trinajstić information content (AvgIpc) is 2.95. The molecule has 2 fully saturated rings. The zero-order valence-electron chi connectivity index (χ0n) is 13.5. The maximum Gasteiger partial charge on any atom is 0.417 e. The van der Waals surface area contributed by atoms with Gasteiger partial charge in [-0.3, -0.25) is 4.98 Å². The Morgan fingerprint density at radius 3 is 2.46 bits per heavy atom. The van der Waals surface area contributed by atoms with E-state index in [0.717, 1.165) is 50.0 Å². The van der Waals surface area contributed by atoms with Gasteiger partial charge in [-0.1, -0.05) is 0 Å². The minimum absolute atomic E-state index is 0.285. The predicted molar refractivity (Wildman–Crippen MR) is 89.5 cm³/mol. The molecule has 7 heteroatoms. The minimum Gasteiger partial charge on any atom is -0.465 e. The molecule has 0 radical (unpaired) electrons. The van der Waals surface area contributed by atoms with Crippen LogP contribution < -0.4 is 10.7 Å². The predicted octanol–water partition coefficient (Wildman–Crippen LogP) is 2.48. The van der Waals surface area contributed by atoms with E-state index in [2.05, 4.69) is 9.88 Å². The SMILES string of the molecule is O=C(O)N1CCC2(CC1)CCN(c1ccc3[nH]c(=O)oc3c1)CC2. The number of amides is 1. The van der Waals surface area contributed by atoms with Crippen LogP contribution in [0.5, 0.6) is 0 Å². The number of rotatable bonds is 1. The van der Waals surface area contributed by atoms with Crippen LogP contribution >= 0.6 is 0 Å². The maximum atomic E-state index is 11.3. The van der Waals surface area contributed by atoms with Crippen molar-refractivity contribution >= 4 is 22.9 Å². The topological polar surface area (TPSA) is 89.8 Å². The van der Waals surface area contributed by atoms with Gasteiger partial charge < -0.3 is 19.3 Å². The van der Waals surface area contributed by atoms with Gasteiger partial charge in [-0.05, 0) is 43.2 Å². The van der Waals surface area contributed by atoms with Crippen LogP contribution in [0.2, 0.25) is 0 Å². The van der Waals surface area contributed by atoms with Gasteiger partial charge in [0.25, 0.3) is 0 Å². The molecule has 1 aromatic carbocycles. The van der Waals surface area contributed by atoms with E-state index >= 15 is 0 Å². The number of aromatic amines is 1. The monoisotopic (exact) mass is 331 g/mol. The lowest BCUT2D eigenvalue weighted by Gasteiger charge is -2.46. The molecule has 1 amide bonds. The zero-order valence-corrected chi connectivity index (χ0v) is 13.5. The van der Waals surface area contributed by atoms with E-state index < -0.39 is 11.8 Å². The summed E-state index contributed by atoms with van der Waals surface area (Å²) in [5.41, 5.74) is 2.67. The van der Waals surface area contributed by atoms with E-state index in [1.165, 1.54) is 4.90 Å². The smallest absolute Gasteiger partial charge is 0.417 e. The van der Waals surface area contributed by atoms with Gasteiger partial charge in [0, 0.05) is 37.9 Å². The van der Waals surface area contributed by atoms with Gasteiger partial charge in [-0.25, -0.2) is 9.59 Å². The Balaban J connectivity index is 1.43. The molecule has 0 aliphatic carbocycles. The molecular weight excluding hydrogens is 310 g/mol. The van der Waals surface area contributed by atoms with Crippen LogP contribution in [0.3, 0.4) is 0 Å². The number of oxazole rings is 1. The number of H-pyrrole nitrogens is 1. The highest BCUT2D eigenvalue weighted by molar-refractivity contribution is 5.77. The summed E-state index contributed by atoms with van der Waals surface area (Å²) in [4.78, 5) is 28.8. The molecular formula is C17H21N3O4. The van der Waals surface area contributed by atoms with Gasteiger partial charge >= 0.3 is 11.8 Å². The lowest BCUT2D eigenvalue weighted by molar-refractivity contribution is 0.0736. The van der Waals surface area contributed by atoms with Gasteiger partial charge in [-0.2, -0.15) is 0 Å². The molecule has 0 saturated carbocycles. The quantitative estimate of drug-likeness (QED) is 0.838. The molecule has 7 nitrogen and oxygen atoms in total. The number of carboxylic acid groups (broad SMARTS) is 1. The van der Waals surface area contributed by atoms with E-state index in [1.807, 2.05) is 18.2 Å². The Bertz CT molecular complexity index is 807. The van der Waals surface area contributed by atoms with Gasteiger partial charge in [0.1, 0.15) is 0 Å². The summed E-state index contributed by atoms with van der Waals surface area (Å²) in [6.07, 6.45) is 3.27. The first-order valence-corrected chi connectivity index (χ1v) is 8.40. The molecule has 2 N–H and O–H groups in total. The van der Waals surface area contributed by atoms with Crippen molar-refractivity contribution in [1.82, 2.24) is 9.88 Å². The van der Waals surface area contributed by atoms with Crippen LogP contribution in [0.15, 0.2) is 27.4 Å². The van der Waals surface area contributed by atoms with Crippen LogP contribution in [0.1, 0.15) is 25.7 Å². The molecule has 0 atom stereocenters. The van der Waals surface area contributed by atoms with Crippen LogP contribution in [0, 0.1) is 5.41 Å². The van der Waals surface area contributed by atoms with E-state index in [4.69, 9.17) is 9.52 Å². The number of hydrogen-bond acceptors (Lipinski definition) is 4. The molecule has 2 saturated heterocycles. The van der Waals surface area contributed by atoms with Crippen molar-refractivity contribution in [2.24, 2.45) is 5.41 Å². The largest absolute Gasteiger partial charge is 0.465 e. The molecule has 2 aliphatic rings. The highest BCUT2D eigenvalue weighted by atomic mass is 16.4. The Morgan fingerprint density at radius 2 is 1.79 bits per heavy atom. The number of fused-ring (bicyclic) bond motifs is 1. The summed E-state index contributed by atoms with van der Waals surface area (Å²) in [7, 11) is 0. The summed E-state index contributed by atoms with van der Waals surface area (Å²) in [5.74, 6) is -0.426. The van der Waals surface area contributed by atoms with Crippen molar-refractivity contribution in [3.8, 4) is 0 Å². The van der Waals surface area contributed by atoms with Crippen LogP contribution in [-0.2, 0) is 0 Å². The van der Waals surface area contributed by atoms with Gasteiger partial charge in [0.05, 0.1) is 5.52 Å². The second-order valence-corrected chi connectivity index (χ2v) is 6.95. The highest BCUT2D eigenvalue weighted by Gasteiger charge is 2.38. The standard InChI is InChI=1S/C17H21N3O4/c21-15-18-13-2-1-12(11-14(13)24-15)19-7-3-17(4-8-19)5-9-20(10-6-17)16(22)23/h1-2,11H,3-10H2,(H,18,21)(H,22,23). The van der Waals surface area contributed by atoms with Crippen molar-refractivity contribution in [2.75, 3.05) is 31.1 Å². The lowest BCUT2D eigenvalue weighted by atomic mass is 9.71. The Morgan fingerprint density at radius 1 is 1.12 bits per heavy atom. The molecule has 128 valence electrons. The molecule has 0 bridgehead atoms. The molecule has 4 rings (SSSR count). The highest BCUT2D eigenvalue weighted by Crippen LogP contribution is 2.42. The fourth-order valence-electron chi connectivity index (χ4n) is 4.04. The van der Waals surface area contributed by atoms with Crippen molar-refractivity contribution in [1.29, 1.82) is 0 Å². The number of carbonyl (C=O) groups is 1. The van der Waals surface area contributed by atoms with Crippen molar-refractivity contribution in [3.05, 3.63) is 28.7 Å². The maximum absolute atomic E-state index is 11.3. The summed E-state index contributed by atoms with van der Waals surface area (Å²) in [6.45, 7) is 3.20. The van der Waals surface area contributed by atoms with Gasteiger partial charge in [-0.15, -0.1) is 0 Å². The van der Waals surface area contributed by atoms with E-state index in [9.17, 15) is 9.59 Å². The summed E-state index contributed by atoms with van der Waals surface area (Å²) in [5, 5.41) is 9.09.